The molecule has 0 aromatic heterocycles. The van der Waals surface area contributed by atoms with Gasteiger partial charge in [0, 0.05) is 21.8 Å². The van der Waals surface area contributed by atoms with E-state index in [9.17, 15) is 9.59 Å². The number of methoxy groups -OCH3 is 2. The number of para-hydroxylation sites is 1. The van der Waals surface area contributed by atoms with Crippen LogP contribution < -0.4 is 25.0 Å². The molecule has 3 aromatic rings. The van der Waals surface area contributed by atoms with Gasteiger partial charge in [-0.1, -0.05) is 29.8 Å². The number of carbonyl (C=O) groups is 2. The maximum absolute atomic E-state index is 12.4. The van der Waals surface area contributed by atoms with E-state index in [2.05, 4.69) is 15.8 Å². The van der Waals surface area contributed by atoms with Crippen LogP contribution in [0.15, 0.2) is 71.8 Å². The lowest BCUT2D eigenvalue weighted by Crippen LogP contribution is -2.20. The van der Waals surface area contributed by atoms with Crippen LogP contribution in [0.1, 0.15) is 15.9 Å². The smallest absolute Gasteiger partial charge is 0.271 e. The van der Waals surface area contributed by atoms with Gasteiger partial charge in [0.2, 0.25) is 0 Å². The molecule has 33 heavy (non-hydrogen) atoms. The Balaban J connectivity index is 1.64. The molecule has 0 atom stereocenters. The number of nitrogens with zero attached hydrogens (tertiary/aromatic N) is 1. The zero-order valence-corrected chi connectivity index (χ0v) is 18.8. The van der Waals surface area contributed by atoms with Gasteiger partial charge in [-0.05, 0) is 48.5 Å². The third-order valence-corrected chi connectivity index (χ3v) is 4.64. The van der Waals surface area contributed by atoms with E-state index in [4.69, 9.17) is 25.8 Å². The predicted molar refractivity (Wildman–Crippen MR) is 127 cm³/mol. The number of halogens is 1. The van der Waals surface area contributed by atoms with Crippen LogP contribution in [-0.2, 0) is 4.79 Å². The van der Waals surface area contributed by atoms with Gasteiger partial charge in [-0.15, -0.1) is 0 Å². The number of carbonyl (C=O) groups excluding carboxylic acids is 2. The summed E-state index contributed by atoms with van der Waals surface area (Å²) < 4.78 is 16.0. The van der Waals surface area contributed by atoms with Gasteiger partial charge in [-0.2, -0.15) is 5.10 Å². The Hall–Kier alpha value is -4.04. The number of hydrogen-bond acceptors (Lipinski definition) is 6. The summed E-state index contributed by atoms with van der Waals surface area (Å²) in [5.41, 5.74) is 3.93. The standard InChI is InChI=1S/C24H22ClN3O5/c1-31-21-10-8-16(13-22(21)32-2)24(30)28-26-14-17-12-18(25)9-11-20(17)33-15-23(29)27-19-6-4-3-5-7-19/h3-14H,15H2,1-2H3,(H,27,29)(H,28,30)/b26-14+. The number of hydrazone groups is 1. The van der Waals surface area contributed by atoms with Gasteiger partial charge in [0.05, 0.1) is 20.4 Å². The molecule has 0 bridgehead atoms. The third kappa shape index (κ3) is 6.72. The van der Waals surface area contributed by atoms with E-state index in [0.29, 0.717) is 39.1 Å². The minimum atomic E-state index is -0.445. The van der Waals surface area contributed by atoms with Crippen molar-refractivity contribution >= 4 is 35.3 Å². The first kappa shape index (κ1) is 23.6. The Morgan fingerprint density at radius 2 is 1.67 bits per heavy atom. The average Bonchev–Trinajstić information content (AvgIpc) is 2.83. The second-order valence-corrected chi connectivity index (χ2v) is 7.09. The van der Waals surface area contributed by atoms with Gasteiger partial charge in [-0.3, -0.25) is 9.59 Å². The zero-order chi connectivity index (χ0) is 23.6. The second kappa shape index (κ2) is 11.5. The van der Waals surface area contributed by atoms with Crippen molar-refractivity contribution in [2.24, 2.45) is 5.10 Å². The molecule has 0 radical (unpaired) electrons. The number of hydrogen-bond donors (Lipinski definition) is 2. The van der Waals surface area contributed by atoms with Crippen molar-refractivity contribution in [2.75, 3.05) is 26.1 Å². The molecule has 0 aliphatic rings. The monoisotopic (exact) mass is 467 g/mol. The molecule has 2 N–H and O–H groups in total. The molecule has 0 fully saturated rings. The minimum Gasteiger partial charge on any atom is -0.493 e. The lowest BCUT2D eigenvalue weighted by Gasteiger charge is -2.10. The van der Waals surface area contributed by atoms with Crippen molar-refractivity contribution in [2.45, 2.75) is 0 Å². The first-order chi connectivity index (χ1) is 16.0. The summed E-state index contributed by atoms with van der Waals surface area (Å²) in [4.78, 5) is 24.6. The van der Waals surface area contributed by atoms with Crippen LogP contribution in [0, 0.1) is 0 Å². The van der Waals surface area contributed by atoms with Crippen LogP contribution in [0.3, 0.4) is 0 Å². The molecular formula is C24H22ClN3O5. The van der Waals surface area contributed by atoms with Gasteiger partial charge < -0.3 is 19.5 Å². The molecule has 0 saturated heterocycles. The van der Waals surface area contributed by atoms with Crippen LogP contribution >= 0.6 is 11.6 Å². The van der Waals surface area contributed by atoms with Crippen molar-refractivity contribution < 1.29 is 23.8 Å². The predicted octanol–water partition coefficient (Wildman–Crippen LogP) is 4.14. The van der Waals surface area contributed by atoms with Crippen LogP contribution in [-0.4, -0.2) is 38.9 Å². The van der Waals surface area contributed by atoms with Crippen molar-refractivity contribution in [3.63, 3.8) is 0 Å². The van der Waals surface area contributed by atoms with Crippen molar-refractivity contribution in [3.05, 3.63) is 82.9 Å². The largest absolute Gasteiger partial charge is 0.493 e. The third-order valence-electron chi connectivity index (χ3n) is 4.40. The normalized spacial score (nSPS) is 10.5. The van der Waals surface area contributed by atoms with E-state index in [1.807, 2.05) is 18.2 Å². The lowest BCUT2D eigenvalue weighted by molar-refractivity contribution is -0.118. The summed E-state index contributed by atoms with van der Waals surface area (Å²) in [7, 11) is 3.00. The number of benzene rings is 3. The maximum Gasteiger partial charge on any atom is 0.271 e. The molecular weight excluding hydrogens is 446 g/mol. The highest BCUT2D eigenvalue weighted by molar-refractivity contribution is 6.30. The first-order valence-corrected chi connectivity index (χ1v) is 10.2. The van der Waals surface area contributed by atoms with Gasteiger partial charge in [-0.25, -0.2) is 5.43 Å². The Bertz CT molecular complexity index is 1150. The fraction of sp³-hybridized carbons (Fsp3) is 0.125. The van der Waals surface area contributed by atoms with E-state index in [-0.39, 0.29) is 12.5 Å². The highest BCUT2D eigenvalue weighted by atomic mass is 35.5. The summed E-state index contributed by atoms with van der Waals surface area (Å²) in [5.74, 6) is 0.550. The molecule has 3 aromatic carbocycles. The zero-order valence-electron chi connectivity index (χ0n) is 18.0. The number of amides is 2. The summed E-state index contributed by atoms with van der Waals surface area (Å²) in [6.07, 6.45) is 1.38. The van der Waals surface area contributed by atoms with Crippen molar-refractivity contribution in [1.29, 1.82) is 0 Å². The first-order valence-electron chi connectivity index (χ1n) is 9.83. The fourth-order valence-electron chi connectivity index (χ4n) is 2.82. The molecule has 0 spiro atoms. The topological polar surface area (TPSA) is 98.3 Å². The van der Waals surface area contributed by atoms with Gasteiger partial charge in [0.15, 0.2) is 18.1 Å². The van der Waals surface area contributed by atoms with Crippen LogP contribution in [0.4, 0.5) is 5.69 Å². The Morgan fingerprint density at radius 1 is 0.939 bits per heavy atom. The summed E-state index contributed by atoms with van der Waals surface area (Å²) in [5, 5.41) is 7.16. The highest BCUT2D eigenvalue weighted by Crippen LogP contribution is 2.27. The summed E-state index contributed by atoms with van der Waals surface area (Å²) >= 11 is 6.08. The fourth-order valence-corrected chi connectivity index (χ4v) is 3.00. The average molecular weight is 468 g/mol. The Morgan fingerprint density at radius 3 is 2.39 bits per heavy atom. The van der Waals surface area contributed by atoms with Crippen LogP contribution in [0.25, 0.3) is 0 Å². The second-order valence-electron chi connectivity index (χ2n) is 6.65. The SMILES string of the molecule is COc1ccc(C(=O)N/N=C/c2cc(Cl)ccc2OCC(=O)Nc2ccccc2)cc1OC. The molecule has 9 heteroatoms. The Kier molecular flexibility index (Phi) is 8.26. The van der Waals surface area contributed by atoms with Gasteiger partial charge >= 0.3 is 0 Å². The molecule has 0 heterocycles. The van der Waals surface area contributed by atoms with E-state index in [0.717, 1.165) is 0 Å². The van der Waals surface area contributed by atoms with Gasteiger partial charge in [0.1, 0.15) is 5.75 Å². The molecule has 0 aliphatic carbocycles. The lowest BCUT2D eigenvalue weighted by atomic mass is 10.2. The number of anilines is 1. The Labute approximate surface area is 196 Å². The van der Waals surface area contributed by atoms with Gasteiger partial charge in [0.25, 0.3) is 11.8 Å². The molecule has 3 rings (SSSR count). The van der Waals surface area contributed by atoms with E-state index < -0.39 is 5.91 Å². The van der Waals surface area contributed by atoms with Crippen molar-refractivity contribution in [1.82, 2.24) is 5.43 Å². The maximum atomic E-state index is 12.4. The number of nitrogens with one attached hydrogen (secondary N) is 2. The highest BCUT2D eigenvalue weighted by Gasteiger charge is 2.11. The van der Waals surface area contributed by atoms with Crippen LogP contribution in [0.2, 0.25) is 5.02 Å². The number of rotatable bonds is 9. The summed E-state index contributed by atoms with van der Waals surface area (Å²) in [6, 6.07) is 18.7. The molecule has 0 aliphatic heterocycles. The molecule has 0 saturated carbocycles. The quantitative estimate of drug-likeness (QED) is 0.364. The minimum absolute atomic E-state index is 0.213. The van der Waals surface area contributed by atoms with E-state index >= 15 is 0 Å². The van der Waals surface area contributed by atoms with E-state index in [1.54, 1.807) is 48.5 Å². The molecule has 8 nitrogen and oxygen atoms in total. The molecule has 0 unspecified atom stereocenters. The van der Waals surface area contributed by atoms with E-state index in [1.165, 1.54) is 20.4 Å². The molecule has 2 amide bonds. The molecule has 170 valence electrons. The summed E-state index contributed by atoms with van der Waals surface area (Å²) in [6.45, 7) is -0.213. The number of ether oxygens (including phenoxy) is 3. The van der Waals surface area contributed by atoms with Crippen LogP contribution in [0.5, 0.6) is 17.2 Å². The van der Waals surface area contributed by atoms with Crippen molar-refractivity contribution in [3.8, 4) is 17.2 Å².